The molecule has 6 heteroatoms. The molecule has 0 atom stereocenters. The lowest BCUT2D eigenvalue weighted by molar-refractivity contribution is 0.0743. The van der Waals surface area contributed by atoms with Gasteiger partial charge >= 0.3 is 0 Å². The van der Waals surface area contributed by atoms with Crippen molar-refractivity contribution in [2.24, 2.45) is 0 Å². The van der Waals surface area contributed by atoms with Crippen LogP contribution in [-0.2, 0) is 6.54 Å². The van der Waals surface area contributed by atoms with E-state index in [9.17, 15) is 4.79 Å². The quantitative estimate of drug-likeness (QED) is 0.744. The topological polar surface area (TPSA) is 50.5 Å². The third-order valence-corrected chi connectivity index (χ3v) is 4.08. The molecule has 0 saturated carbocycles. The summed E-state index contributed by atoms with van der Waals surface area (Å²) < 4.78 is 1.63. The molecule has 2 aromatic heterocycles. The van der Waals surface area contributed by atoms with E-state index in [1.165, 1.54) is 11.3 Å². The Bertz CT molecular complexity index is 762. The van der Waals surface area contributed by atoms with Gasteiger partial charge in [-0.05, 0) is 19.4 Å². The molecule has 0 N–H and O–H groups in total. The summed E-state index contributed by atoms with van der Waals surface area (Å²) in [5, 5.41) is 4.21. The molecule has 1 amide bonds. The molecule has 0 unspecified atom stereocenters. The lowest BCUT2D eigenvalue weighted by Crippen LogP contribution is -2.31. The Labute approximate surface area is 126 Å². The van der Waals surface area contributed by atoms with Crippen LogP contribution in [0, 0.1) is 6.92 Å². The Balaban J connectivity index is 1.92. The van der Waals surface area contributed by atoms with E-state index in [1.807, 2.05) is 49.1 Å². The van der Waals surface area contributed by atoms with Crippen LogP contribution < -0.4 is 0 Å². The molecule has 5 nitrogen and oxygen atoms in total. The van der Waals surface area contributed by atoms with E-state index in [0.717, 1.165) is 16.2 Å². The maximum Gasteiger partial charge on any atom is 0.274 e. The Hall–Kier alpha value is -2.21. The Morgan fingerprint density at radius 3 is 2.81 bits per heavy atom. The number of aromatic nitrogens is 3. The van der Waals surface area contributed by atoms with Gasteiger partial charge in [-0.2, -0.15) is 9.61 Å². The summed E-state index contributed by atoms with van der Waals surface area (Å²) in [5.41, 5.74) is 4.10. The summed E-state index contributed by atoms with van der Waals surface area (Å²) in [7, 11) is 0. The van der Waals surface area contributed by atoms with Crippen LogP contribution in [0.5, 0.6) is 0 Å². The first-order valence-corrected chi connectivity index (χ1v) is 7.70. The number of fused-ring (bicyclic) bond motifs is 1. The number of carbonyl (C=O) groups is 1. The Morgan fingerprint density at radius 2 is 2.10 bits per heavy atom. The van der Waals surface area contributed by atoms with Gasteiger partial charge in [0.05, 0.1) is 5.69 Å². The van der Waals surface area contributed by atoms with E-state index in [2.05, 4.69) is 10.1 Å². The zero-order valence-electron chi connectivity index (χ0n) is 12.0. The monoisotopic (exact) mass is 300 g/mol. The molecule has 1 aromatic carbocycles. The van der Waals surface area contributed by atoms with Crippen molar-refractivity contribution in [2.75, 3.05) is 6.54 Å². The molecule has 3 rings (SSSR count). The molecule has 0 aliphatic heterocycles. The van der Waals surface area contributed by atoms with Crippen molar-refractivity contribution in [1.29, 1.82) is 0 Å². The average molecular weight is 300 g/mol. The average Bonchev–Trinajstić information content (AvgIpc) is 3.05. The number of aryl methyl sites for hydroxylation is 1. The van der Waals surface area contributed by atoms with Crippen LogP contribution in [0.2, 0.25) is 0 Å². The van der Waals surface area contributed by atoms with Gasteiger partial charge in [-0.25, -0.2) is 4.98 Å². The maximum atomic E-state index is 12.8. The van der Waals surface area contributed by atoms with Crippen LogP contribution in [0.1, 0.15) is 28.7 Å². The van der Waals surface area contributed by atoms with Gasteiger partial charge in [-0.1, -0.05) is 41.7 Å². The van der Waals surface area contributed by atoms with Gasteiger partial charge in [-0.15, -0.1) is 0 Å². The molecular formula is C15H16N4OS. The smallest absolute Gasteiger partial charge is 0.274 e. The van der Waals surface area contributed by atoms with E-state index in [-0.39, 0.29) is 5.91 Å². The van der Waals surface area contributed by atoms with Crippen molar-refractivity contribution < 1.29 is 4.79 Å². The highest BCUT2D eigenvalue weighted by Crippen LogP contribution is 2.17. The standard InChI is InChI=1S/C15H16N4OS/c1-3-18(9-12-7-5-4-6-8-12)14(20)13-11(2)17-15-19(13)16-10-21-15/h4-8,10H,3,9H2,1-2H3. The van der Waals surface area contributed by atoms with E-state index >= 15 is 0 Å². The molecule has 0 aliphatic rings. The zero-order chi connectivity index (χ0) is 14.8. The number of benzene rings is 1. The summed E-state index contributed by atoms with van der Waals surface area (Å²) >= 11 is 1.43. The van der Waals surface area contributed by atoms with Crippen molar-refractivity contribution >= 4 is 22.2 Å². The number of hydrogen-bond acceptors (Lipinski definition) is 4. The third-order valence-electron chi connectivity index (χ3n) is 3.41. The van der Waals surface area contributed by atoms with Gasteiger partial charge in [0.15, 0.2) is 5.69 Å². The van der Waals surface area contributed by atoms with Gasteiger partial charge in [0.2, 0.25) is 4.96 Å². The minimum atomic E-state index is -0.0303. The molecule has 21 heavy (non-hydrogen) atoms. The van der Waals surface area contributed by atoms with Gasteiger partial charge < -0.3 is 4.90 Å². The van der Waals surface area contributed by atoms with Gasteiger partial charge in [-0.3, -0.25) is 4.79 Å². The number of imidazole rings is 1. The molecule has 0 fully saturated rings. The van der Waals surface area contributed by atoms with E-state index in [0.29, 0.717) is 18.8 Å². The predicted molar refractivity (Wildman–Crippen MR) is 82.5 cm³/mol. The lowest BCUT2D eigenvalue weighted by atomic mass is 10.2. The first kappa shape index (κ1) is 13.8. The molecule has 0 saturated heterocycles. The summed E-state index contributed by atoms with van der Waals surface area (Å²) in [6.07, 6.45) is 0. The maximum absolute atomic E-state index is 12.8. The summed E-state index contributed by atoms with van der Waals surface area (Å²) in [6.45, 7) is 5.07. The number of hydrogen-bond donors (Lipinski definition) is 0. The van der Waals surface area contributed by atoms with Crippen LogP contribution in [0.3, 0.4) is 0 Å². The fourth-order valence-electron chi connectivity index (χ4n) is 2.32. The lowest BCUT2D eigenvalue weighted by Gasteiger charge is -2.20. The van der Waals surface area contributed by atoms with E-state index < -0.39 is 0 Å². The van der Waals surface area contributed by atoms with E-state index in [1.54, 1.807) is 10.0 Å². The molecule has 0 aliphatic carbocycles. The predicted octanol–water partition coefficient (Wildman–Crippen LogP) is 2.76. The summed E-state index contributed by atoms with van der Waals surface area (Å²) in [4.78, 5) is 19.8. The highest BCUT2D eigenvalue weighted by Gasteiger charge is 2.23. The Kier molecular flexibility index (Phi) is 3.70. The Morgan fingerprint density at radius 1 is 1.33 bits per heavy atom. The zero-order valence-corrected chi connectivity index (χ0v) is 12.8. The first-order valence-electron chi connectivity index (χ1n) is 6.82. The van der Waals surface area contributed by atoms with Crippen LogP contribution >= 0.6 is 11.3 Å². The molecule has 3 aromatic rings. The normalized spacial score (nSPS) is 11.0. The van der Waals surface area contributed by atoms with Crippen molar-refractivity contribution in [3.8, 4) is 0 Å². The van der Waals surface area contributed by atoms with Crippen LogP contribution in [0.15, 0.2) is 35.8 Å². The van der Waals surface area contributed by atoms with E-state index in [4.69, 9.17) is 0 Å². The van der Waals surface area contributed by atoms with Crippen molar-refractivity contribution in [1.82, 2.24) is 19.5 Å². The summed E-state index contributed by atoms with van der Waals surface area (Å²) in [5.74, 6) is -0.0303. The second-order valence-electron chi connectivity index (χ2n) is 4.78. The number of nitrogens with zero attached hydrogens (tertiary/aromatic N) is 4. The highest BCUT2D eigenvalue weighted by atomic mass is 32.1. The second kappa shape index (κ2) is 5.65. The minimum Gasteiger partial charge on any atom is -0.333 e. The highest BCUT2D eigenvalue weighted by molar-refractivity contribution is 7.14. The van der Waals surface area contributed by atoms with Gasteiger partial charge in [0.25, 0.3) is 5.91 Å². The van der Waals surface area contributed by atoms with Gasteiger partial charge in [0.1, 0.15) is 5.51 Å². The van der Waals surface area contributed by atoms with Crippen molar-refractivity contribution in [2.45, 2.75) is 20.4 Å². The molecule has 0 bridgehead atoms. The fraction of sp³-hybridized carbons (Fsp3) is 0.267. The summed E-state index contributed by atoms with van der Waals surface area (Å²) in [6, 6.07) is 9.99. The van der Waals surface area contributed by atoms with Gasteiger partial charge in [0, 0.05) is 13.1 Å². The molecule has 0 radical (unpaired) electrons. The SMILES string of the molecule is CCN(Cc1ccccc1)C(=O)c1c(C)nc2scnn12. The number of carbonyl (C=O) groups excluding carboxylic acids is 1. The number of amides is 1. The van der Waals surface area contributed by atoms with Crippen LogP contribution in [0.4, 0.5) is 0 Å². The minimum absolute atomic E-state index is 0.0303. The molecule has 2 heterocycles. The molecule has 0 spiro atoms. The number of rotatable bonds is 4. The van der Waals surface area contributed by atoms with Crippen molar-refractivity contribution in [3.05, 3.63) is 52.8 Å². The molecular weight excluding hydrogens is 284 g/mol. The van der Waals surface area contributed by atoms with Crippen LogP contribution in [0.25, 0.3) is 4.96 Å². The third kappa shape index (κ3) is 2.54. The first-order chi connectivity index (χ1) is 10.2. The fourth-order valence-corrected chi connectivity index (χ4v) is 2.98. The largest absolute Gasteiger partial charge is 0.333 e. The van der Waals surface area contributed by atoms with Crippen LogP contribution in [-0.4, -0.2) is 31.9 Å². The van der Waals surface area contributed by atoms with Crippen molar-refractivity contribution in [3.63, 3.8) is 0 Å². The molecule has 108 valence electrons. The second-order valence-corrected chi connectivity index (χ2v) is 5.60.